The van der Waals surface area contributed by atoms with E-state index in [1.165, 1.54) is 43.8 Å². The lowest BCUT2D eigenvalue weighted by Crippen LogP contribution is -2.36. The van der Waals surface area contributed by atoms with E-state index in [0.29, 0.717) is 12.0 Å². The van der Waals surface area contributed by atoms with Crippen molar-refractivity contribution in [2.75, 3.05) is 25.1 Å². The normalized spacial score (nSPS) is 22.7. The zero-order valence-electron chi connectivity index (χ0n) is 9.61. The minimum absolute atomic E-state index is 0.523. The predicted octanol–water partition coefficient (Wildman–Crippen LogP) is 2.06. The molecular weight excluding hydrogens is 222 g/mol. The summed E-state index contributed by atoms with van der Waals surface area (Å²) in [4.78, 5) is 6.94. The molecule has 2 aliphatic rings. The summed E-state index contributed by atoms with van der Waals surface area (Å²) < 4.78 is 9.36. The fourth-order valence-electron chi connectivity index (χ4n) is 2.52. The molecule has 0 bridgehead atoms. The zero-order valence-corrected chi connectivity index (χ0v) is 10.4. The molecule has 1 aromatic rings. The highest BCUT2D eigenvalue weighted by Gasteiger charge is 2.45. The summed E-state index contributed by atoms with van der Waals surface area (Å²) in [7, 11) is 1.68. The molecule has 0 aromatic carbocycles. The van der Waals surface area contributed by atoms with Crippen LogP contribution in [-0.2, 0) is 11.3 Å². The molecule has 16 heavy (non-hydrogen) atoms. The summed E-state index contributed by atoms with van der Waals surface area (Å²) in [6.07, 6.45) is 5.53. The van der Waals surface area contributed by atoms with Gasteiger partial charge in [-0.3, -0.25) is 0 Å². The molecule has 2 fully saturated rings. The first-order chi connectivity index (χ1) is 7.81. The van der Waals surface area contributed by atoms with E-state index in [-0.39, 0.29) is 0 Å². The highest BCUT2D eigenvalue weighted by Crippen LogP contribution is 2.52. The smallest absolute Gasteiger partial charge is 0.205 e. The average molecular weight is 239 g/mol. The lowest BCUT2D eigenvalue weighted by Gasteiger charge is -2.32. The van der Waals surface area contributed by atoms with Crippen LogP contribution in [0.1, 0.15) is 31.5 Å². The van der Waals surface area contributed by atoms with Crippen molar-refractivity contribution in [1.82, 2.24) is 9.36 Å². The number of rotatable bonds is 3. The van der Waals surface area contributed by atoms with Gasteiger partial charge in [0, 0.05) is 31.7 Å². The van der Waals surface area contributed by atoms with Crippen molar-refractivity contribution < 1.29 is 4.74 Å². The van der Waals surface area contributed by atoms with Gasteiger partial charge in [0.2, 0.25) is 5.13 Å². The van der Waals surface area contributed by atoms with Crippen LogP contribution in [-0.4, -0.2) is 29.6 Å². The maximum absolute atomic E-state index is 5.04. The summed E-state index contributed by atoms with van der Waals surface area (Å²) in [5.41, 5.74) is 0.644. The monoisotopic (exact) mass is 239 g/mol. The summed E-state index contributed by atoms with van der Waals surface area (Å²) in [6.45, 7) is 2.85. The van der Waals surface area contributed by atoms with Crippen LogP contribution < -0.4 is 4.90 Å². The van der Waals surface area contributed by atoms with Crippen molar-refractivity contribution in [2.24, 2.45) is 5.41 Å². The van der Waals surface area contributed by atoms with Gasteiger partial charge in [-0.25, -0.2) is 4.98 Å². The van der Waals surface area contributed by atoms with Gasteiger partial charge in [0.15, 0.2) is 5.82 Å². The lowest BCUT2D eigenvalue weighted by molar-refractivity contribution is 0.179. The second-order valence-corrected chi connectivity index (χ2v) is 5.68. The van der Waals surface area contributed by atoms with E-state index >= 15 is 0 Å². The van der Waals surface area contributed by atoms with E-state index < -0.39 is 0 Å². The molecule has 0 atom stereocenters. The van der Waals surface area contributed by atoms with Crippen LogP contribution in [0, 0.1) is 5.41 Å². The average Bonchev–Trinajstić information content (AvgIpc) is 2.87. The third kappa shape index (κ3) is 1.94. The van der Waals surface area contributed by atoms with Gasteiger partial charge in [-0.2, -0.15) is 4.37 Å². The first kappa shape index (κ1) is 10.5. The molecule has 2 heterocycles. The van der Waals surface area contributed by atoms with Gasteiger partial charge in [0.1, 0.15) is 6.61 Å². The van der Waals surface area contributed by atoms with Crippen LogP contribution in [0.4, 0.5) is 5.13 Å². The number of methoxy groups -OCH3 is 1. The van der Waals surface area contributed by atoms with Crippen molar-refractivity contribution in [1.29, 1.82) is 0 Å². The maximum atomic E-state index is 5.04. The number of piperidine rings is 1. The Hall–Kier alpha value is -0.680. The first-order valence-electron chi connectivity index (χ1n) is 5.88. The van der Waals surface area contributed by atoms with Gasteiger partial charge < -0.3 is 9.64 Å². The van der Waals surface area contributed by atoms with Crippen molar-refractivity contribution >= 4 is 16.7 Å². The molecule has 1 aliphatic carbocycles. The number of aromatic nitrogens is 2. The minimum Gasteiger partial charge on any atom is -0.377 e. The first-order valence-corrected chi connectivity index (χ1v) is 6.65. The number of ether oxygens (including phenoxy) is 1. The van der Waals surface area contributed by atoms with E-state index in [4.69, 9.17) is 4.74 Å². The van der Waals surface area contributed by atoms with Gasteiger partial charge in [0.25, 0.3) is 0 Å². The number of hydrogen-bond donors (Lipinski definition) is 0. The zero-order chi connectivity index (χ0) is 11.0. The topological polar surface area (TPSA) is 38.2 Å². The van der Waals surface area contributed by atoms with Gasteiger partial charge in [-0.15, -0.1) is 0 Å². The van der Waals surface area contributed by atoms with Crippen LogP contribution in [0.5, 0.6) is 0 Å². The Morgan fingerprint density at radius 1 is 1.44 bits per heavy atom. The number of anilines is 1. The third-order valence-corrected chi connectivity index (χ3v) is 4.43. The maximum Gasteiger partial charge on any atom is 0.205 e. The van der Waals surface area contributed by atoms with Crippen LogP contribution in [0.25, 0.3) is 0 Å². The molecule has 88 valence electrons. The SMILES string of the molecule is COCc1nsc(N2CCCC3(CC3)C2)n1. The van der Waals surface area contributed by atoms with E-state index in [9.17, 15) is 0 Å². The highest BCUT2D eigenvalue weighted by atomic mass is 32.1. The molecule has 5 heteroatoms. The Bertz CT molecular complexity index is 375. The van der Waals surface area contributed by atoms with Gasteiger partial charge >= 0.3 is 0 Å². The van der Waals surface area contributed by atoms with Crippen molar-refractivity contribution in [2.45, 2.75) is 32.3 Å². The molecule has 1 aliphatic heterocycles. The van der Waals surface area contributed by atoms with Gasteiger partial charge in [-0.1, -0.05) is 0 Å². The predicted molar refractivity (Wildman–Crippen MR) is 63.7 cm³/mol. The quantitative estimate of drug-likeness (QED) is 0.809. The molecule has 3 rings (SSSR count). The minimum atomic E-state index is 0.523. The lowest BCUT2D eigenvalue weighted by atomic mass is 9.95. The molecule has 1 saturated carbocycles. The molecule has 0 amide bonds. The molecule has 0 radical (unpaired) electrons. The summed E-state index contributed by atoms with van der Waals surface area (Å²) in [5, 5.41) is 1.08. The molecule has 0 N–H and O–H groups in total. The Kier molecular flexibility index (Phi) is 2.59. The summed E-state index contributed by atoms with van der Waals surface area (Å²) in [5.74, 6) is 0.818. The molecule has 1 saturated heterocycles. The highest BCUT2D eigenvalue weighted by molar-refractivity contribution is 7.09. The standard InChI is InChI=1S/C11H17N3OS/c1-15-7-9-12-10(16-13-9)14-6-2-3-11(8-14)4-5-11/h2-8H2,1H3. The van der Waals surface area contributed by atoms with Crippen molar-refractivity contribution in [3.63, 3.8) is 0 Å². The third-order valence-electron chi connectivity index (χ3n) is 3.62. The Labute approximate surface area is 99.8 Å². The fraction of sp³-hybridized carbons (Fsp3) is 0.818. The molecule has 1 spiro atoms. The van der Waals surface area contributed by atoms with E-state index in [1.807, 2.05) is 0 Å². The van der Waals surface area contributed by atoms with Gasteiger partial charge in [-0.05, 0) is 31.1 Å². The Balaban J connectivity index is 1.70. The molecule has 0 unspecified atom stereocenters. The van der Waals surface area contributed by atoms with E-state index in [1.54, 1.807) is 7.11 Å². The molecule has 1 aromatic heterocycles. The largest absolute Gasteiger partial charge is 0.377 e. The van der Waals surface area contributed by atoms with Crippen LogP contribution >= 0.6 is 11.5 Å². The number of hydrogen-bond acceptors (Lipinski definition) is 5. The molecular formula is C11H17N3OS. The second kappa shape index (κ2) is 3.96. The van der Waals surface area contributed by atoms with E-state index in [2.05, 4.69) is 14.3 Å². The van der Waals surface area contributed by atoms with Crippen LogP contribution in [0.3, 0.4) is 0 Å². The van der Waals surface area contributed by atoms with Crippen molar-refractivity contribution in [3.8, 4) is 0 Å². The second-order valence-electron chi connectivity index (χ2n) is 4.95. The Morgan fingerprint density at radius 2 is 2.31 bits per heavy atom. The van der Waals surface area contributed by atoms with Crippen molar-refractivity contribution in [3.05, 3.63) is 5.82 Å². The van der Waals surface area contributed by atoms with Gasteiger partial charge in [0.05, 0.1) is 0 Å². The summed E-state index contributed by atoms with van der Waals surface area (Å²) in [6, 6.07) is 0. The number of nitrogens with zero attached hydrogens (tertiary/aromatic N) is 3. The molecule has 4 nitrogen and oxygen atoms in total. The summed E-state index contributed by atoms with van der Waals surface area (Å²) >= 11 is 1.51. The Morgan fingerprint density at radius 3 is 3.06 bits per heavy atom. The van der Waals surface area contributed by atoms with E-state index in [0.717, 1.165) is 17.5 Å². The van der Waals surface area contributed by atoms with Crippen LogP contribution in [0.2, 0.25) is 0 Å². The van der Waals surface area contributed by atoms with Crippen LogP contribution in [0.15, 0.2) is 0 Å². The fourth-order valence-corrected chi connectivity index (χ4v) is 3.22.